The molecule has 0 radical (unpaired) electrons. The van der Waals surface area contributed by atoms with Crippen LogP contribution in [0.2, 0.25) is 0 Å². The fraction of sp³-hybridized carbons (Fsp3) is 0.615. The highest BCUT2D eigenvalue weighted by atomic mass is 16.5. The first-order valence-corrected chi connectivity index (χ1v) is 6.26. The molecule has 1 aromatic heterocycles. The number of ether oxygens (including phenoxy) is 2. The van der Waals surface area contributed by atoms with Gasteiger partial charge < -0.3 is 14.8 Å². The van der Waals surface area contributed by atoms with Gasteiger partial charge in [-0.15, -0.1) is 0 Å². The summed E-state index contributed by atoms with van der Waals surface area (Å²) in [6.07, 6.45) is 4.93. The number of nitrogens with zero attached hydrogens (tertiary/aromatic N) is 1. The fourth-order valence-electron chi connectivity index (χ4n) is 2.07. The molecule has 4 heteroatoms. The molecule has 0 amide bonds. The third-order valence-electron chi connectivity index (χ3n) is 3.04. The first-order chi connectivity index (χ1) is 8.38. The Hall–Kier alpha value is -1.29. The molecule has 1 aliphatic heterocycles. The van der Waals surface area contributed by atoms with Crippen LogP contribution in [0, 0.1) is 0 Å². The minimum atomic E-state index is 0.596. The van der Waals surface area contributed by atoms with E-state index in [-0.39, 0.29) is 0 Å². The molecule has 2 rings (SSSR count). The normalized spacial score (nSPS) is 19.9. The SMILES string of the molecule is COc1cccc(OCCC2CCCCN2)n1. The van der Waals surface area contributed by atoms with E-state index in [1.54, 1.807) is 7.11 Å². The molecule has 0 aliphatic carbocycles. The third-order valence-corrected chi connectivity index (χ3v) is 3.04. The highest BCUT2D eigenvalue weighted by Gasteiger charge is 2.12. The van der Waals surface area contributed by atoms with Gasteiger partial charge in [-0.2, -0.15) is 4.98 Å². The van der Waals surface area contributed by atoms with Crippen molar-refractivity contribution in [1.82, 2.24) is 10.3 Å². The summed E-state index contributed by atoms with van der Waals surface area (Å²) in [5.74, 6) is 1.23. The maximum absolute atomic E-state index is 5.62. The molecule has 0 saturated carbocycles. The van der Waals surface area contributed by atoms with Crippen molar-refractivity contribution in [1.29, 1.82) is 0 Å². The van der Waals surface area contributed by atoms with Crippen LogP contribution in [0.4, 0.5) is 0 Å². The van der Waals surface area contributed by atoms with Crippen LogP contribution >= 0.6 is 0 Å². The van der Waals surface area contributed by atoms with E-state index in [4.69, 9.17) is 9.47 Å². The molecule has 1 fully saturated rings. The van der Waals surface area contributed by atoms with Gasteiger partial charge in [0.1, 0.15) is 0 Å². The van der Waals surface area contributed by atoms with Crippen molar-refractivity contribution in [2.75, 3.05) is 20.3 Å². The second-order valence-corrected chi connectivity index (χ2v) is 4.30. The van der Waals surface area contributed by atoms with Gasteiger partial charge in [0.15, 0.2) is 0 Å². The summed E-state index contributed by atoms with van der Waals surface area (Å²) < 4.78 is 10.7. The van der Waals surface area contributed by atoms with Crippen molar-refractivity contribution >= 4 is 0 Å². The van der Waals surface area contributed by atoms with Crippen molar-refractivity contribution in [3.63, 3.8) is 0 Å². The molecule has 1 aromatic rings. The molecule has 0 bridgehead atoms. The van der Waals surface area contributed by atoms with Crippen LogP contribution in [-0.4, -0.2) is 31.3 Å². The Balaban J connectivity index is 1.73. The van der Waals surface area contributed by atoms with E-state index in [1.165, 1.54) is 19.3 Å². The van der Waals surface area contributed by atoms with Gasteiger partial charge in [0.2, 0.25) is 11.8 Å². The highest BCUT2D eigenvalue weighted by molar-refractivity contribution is 5.19. The Labute approximate surface area is 102 Å². The molecule has 1 unspecified atom stereocenters. The smallest absolute Gasteiger partial charge is 0.216 e. The van der Waals surface area contributed by atoms with Crippen LogP contribution in [0.15, 0.2) is 18.2 Å². The lowest BCUT2D eigenvalue weighted by molar-refractivity contribution is 0.257. The van der Waals surface area contributed by atoms with Gasteiger partial charge >= 0.3 is 0 Å². The molecule has 4 nitrogen and oxygen atoms in total. The number of methoxy groups -OCH3 is 1. The van der Waals surface area contributed by atoms with E-state index in [2.05, 4.69) is 10.3 Å². The number of rotatable bonds is 5. The summed E-state index contributed by atoms with van der Waals surface area (Å²) in [5, 5.41) is 3.50. The molecule has 0 aromatic carbocycles. The maximum Gasteiger partial charge on any atom is 0.216 e. The average Bonchev–Trinajstić information content (AvgIpc) is 2.40. The van der Waals surface area contributed by atoms with Crippen molar-refractivity contribution < 1.29 is 9.47 Å². The zero-order valence-electron chi connectivity index (χ0n) is 10.3. The standard InChI is InChI=1S/C13H20N2O2/c1-16-12-6-4-7-13(15-12)17-10-8-11-5-2-3-9-14-11/h4,6-7,11,14H,2-3,5,8-10H2,1H3. The average molecular weight is 236 g/mol. The zero-order chi connectivity index (χ0) is 11.9. The number of hydrogen-bond donors (Lipinski definition) is 1. The Bertz CT molecular complexity index is 338. The van der Waals surface area contributed by atoms with Gasteiger partial charge in [0.05, 0.1) is 13.7 Å². The molecule has 0 spiro atoms. The van der Waals surface area contributed by atoms with Crippen LogP contribution in [0.1, 0.15) is 25.7 Å². The van der Waals surface area contributed by atoms with Crippen LogP contribution in [-0.2, 0) is 0 Å². The predicted molar refractivity (Wildman–Crippen MR) is 66.5 cm³/mol. The molecule has 1 atom stereocenters. The van der Waals surface area contributed by atoms with Crippen molar-refractivity contribution in [3.05, 3.63) is 18.2 Å². The van der Waals surface area contributed by atoms with Gasteiger partial charge in [-0.1, -0.05) is 12.5 Å². The lowest BCUT2D eigenvalue weighted by Crippen LogP contribution is -2.35. The summed E-state index contributed by atoms with van der Waals surface area (Å²) in [6.45, 7) is 1.85. The topological polar surface area (TPSA) is 43.4 Å². The third kappa shape index (κ3) is 3.89. The summed E-state index contributed by atoms with van der Waals surface area (Å²) >= 11 is 0. The lowest BCUT2D eigenvalue weighted by atomic mass is 10.0. The van der Waals surface area contributed by atoms with Crippen LogP contribution in [0.5, 0.6) is 11.8 Å². The van der Waals surface area contributed by atoms with E-state index in [9.17, 15) is 0 Å². The van der Waals surface area contributed by atoms with Crippen molar-refractivity contribution in [3.8, 4) is 11.8 Å². The number of nitrogens with one attached hydrogen (secondary N) is 1. The zero-order valence-corrected chi connectivity index (χ0v) is 10.3. The van der Waals surface area contributed by atoms with E-state index in [0.717, 1.165) is 13.0 Å². The van der Waals surface area contributed by atoms with Crippen LogP contribution in [0.25, 0.3) is 0 Å². The van der Waals surface area contributed by atoms with Crippen molar-refractivity contribution in [2.45, 2.75) is 31.7 Å². The summed E-state index contributed by atoms with van der Waals surface area (Å²) in [5.41, 5.74) is 0. The van der Waals surface area contributed by atoms with Gasteiger partial charge in [0.25, 0.3) is 0 Å². The van der Waals surface area contributed by atoms with E-state index in [0.29, 0.717) is 24.4 Å². The van der Waals surface area contributed by atoms with Crippen molar-refractivity contribution in [2.24, 2.45) is 0 Å². The van der Waals surface area contributed by atoms with Gasteiger partial charge in [0, 0.05) is 18.2 Å². The molecule has 1 N–H and O–H groups in total. The number of hydrogen-bond acceptors (Lipinski definition) is 4. The molecular weight excluding hydrogens is 216 g/mol. The molecule has 2 heterocycles. The molecule has 94 valence electrons. The van der Waals surface area contributed by atoms with Crippen LogP contribution in [0.3, 0.4) is 0 Å². The van der Waals surface area contributed by atoms with E-state index >= 15 is 0 Å². The lowest BCUT2D eigenvalue weighted by Gasteiger charge is -2.23. The maximum atomic E-state index is 5.62. The number of piperidine rings is 1. The second-order valence-electron chi connectivity index (χ2n) is 4.30. The first-order valence-electron chi connectivity index (χ1n) is 6.26. The highest BCUT2D eigenvalue weighted by Crippen LogP contribution is 2.14. The first kappa shape index (κ1) is 12.2. The van der Waals surface area contributed by atoms with E-state index in [1.807, 2.05) is 18.2 Å². The Morgan fingerprint density at radius 1 is 1.35 bits per heavy atom. The largest absolute Gasteiger partial charge is 0.481 e. The number of pyridine rings is 1. The summed E-state index contributed by atoms with van der Waals surface area (Å²) in [6, 6.07) is 6.17. The minimum Gasteiger partial charge on any atom is -0.481 e. The fourth-order valence-corrected chi connectivity index (χ4v) is 2.07. The molecule has 17 heavy (non-hydrogen) atoms. The minimum absolute atomic E-state index is 0.596. The monoisotopic (exact) mass is 236 g/mol. The molecule has 1 aliphatic rings. The van der Waals surface area contributed by atoms with E-state index < -0.39 is 0 Å². The Morgan fingerprint density at radius 2 is 2.24 bits per heavy atom. The Morgan fingerprint density at radius 3 is 3.00 bits per heavy atom. The Kier molecular flexibility index (Phi) is 4.62. The molecule has 1 saturated heterocycles. The van der Waals surface area contributed by atoms with Crippen LogP contribution < -0.4 is 14.8 Å². The van der Waals surface area contributed by atoms with Gasteiger partial charge in [-0.05, 0) is 25.8 Å². The summed E-state index contributed by atoms with van der Waals surface area (Å²) in [7, 11) is 1.61. The quantitative estimate of drug-likeness (QED) is 0.849. The van der Waals surface area contributed by atoms with Gasteiger partial charge in [-0.25, -0.2) is 0 Å². The second kappa shape index (κ2) is 6.45. The number of aromatic nitrogens is 1. The molecular formula is C13H20N2O2. The summed E-state index contributed by atoms with van der Waals surface area (Å²) in [4.78, 5) is 4.21. The predicted octanol–water partition coefficient (Wildman–Crippen LogP) is 2.00. The van der Waals surface area contributed by atoms with Gasteiger partial charge in [-0.3, -0.25) is 0 Å².